The van der Waals surface area contributed by atoms with E-state index in [1.54, 1.807) is 6.20 Å². The molecular formula is C13H15N7O2. The van der Waals surface area contributed by atoms with Crippen LogP contribution >= 0.6 is 0 Å². The molecule has 1 saturated heterocycles. The molecule has 0 aliphatic carbocycles. The fourth-order valence-corrected chi connectivity index (χ4v) is 2.38. The van der Waals surface area contributed by atoms with Gasteiger partial charge in [0.05, 0.1) is 4.92 Å². The van der Waals surface area contributed by atoms with Crippen molar-refractivity contribution in [1.29, 1.82) is 0 Å². The Morgan fingerprint density at radius 3 is 2.50 bits per heavy atom. The van der Waals surface area contributed by atoms with Crippen LogP contribution < -0.4 is 9.80 Å². The Hall–Kier alpha value is -2.84. The highest BCUT2D eigenvalue weighted by Gasteiger charge is 2.18. The van der Waals surface area contributed by atoms with Crippen LogP contribution in [-0.4, -0.2) is 51.3 Å². The maximum atomic E-state index is 10.6. The third kappa shape index (κ3) is 3.08. The van der Waals surface area contributed by atoms with Crippen molar-refractivity contribution in [2.45, 2.75) is 6.42 Å². The summed E-state index contributed by atoms with van der Waals surface area (Å²) in [5.74, 6) is 1.38. The summed E-state index contributed by atoms with van der Waals surface area (Å²) in [5.41, 5.74) is -0.0974. The van der Waals surface area contributed by atoms with Gasteiger partial charge in [-0.1, -0.05) is 0 Å². The number of hydrogen-bond acceptors (Lipinski definition) is 8. The minimum Gasteiger partial charge on any atom is -0.353 e. The highest BCUT2D eigenvalue weighted by molar-refractivity contribution is 5.39. The third-order valence-corrected chi connectivity index (χ3v) is 3.50. The lowest BCUT2D eigenvalue weighted by Gasteiger charge is -2.22. The maximum absolute atomic E-state index is 10.6. The van der Waals surface area contributed by atoms with E-state index in [-0.39, 0.29) is 5.69 Å². The second-order valence-corrected chi connectivity index (χ2v) is 4.91. The zero-order chi connectivity index (χ0) is 15.4. The van der Waals surface area contributed by atoms with Crippen molar-refractivity contribution in [3.8, 4) is 0 Å². The number of nitrogens with zero attached hydrogens (tertiary/aromatic N) is 7. The Labute approximate surface area is 126 Å². The van der Waals surface area contributed by atoms with Gasteiger partial charge in [-0.2, -0.15) is 5.10 Å². The first-order chi connectivity index (χ1) is 10.7. The molecule has 0 radical (unpaired) electrons. The van der Waals surface area contributed by atoms with E-state index < -0.39 is 4.92 Å². The fraction of sp³-hybridized carbons (Fsp3) is 0.385. The first-order valence-corrected chi connectivity index (χ1v) is 6.98. The average molecular weight is 301 g/mol. The molecule has 0 bridgehead atoms. The Morgan fingerprint density at radius 2 is 1.82 bits per heavy atom. The van der Waals surface area contributed by atoms with Gasteiger partial charge in [0.25, 0.3) is 0 Å². The quantitative estimate of drug-likeness (QED) is 0.608. The van der Waals surface area contributed by atoms with Crippen LogP contribution in [0, 0.1) is 10.1 Å². The Morgan fingerprint density at radius 1 is 1.09 bits per heavy atom. The average Bonchev–Trinajstić information content (AvgIpc) is 2.82. The molecule has 0 atom stereocenters. The first kappa shape index (κ1) is 14.1. The molecule has 2 aromatic heterocycles. The molecule has 3 rings (SSSR count). The van der Waals surface area contributed by atoms with Gasteiger partial charge in [0.1, 0.15) is 12.4 Å². The number of nitro groups is 1. The fourth-order valence-electron chi connectivity index (χ4n) is 2.38. The molecule has 0 unspecified atom stereocenters. The topological polar surface area (TPSA) is 101 Å². The molecule has 0 aromatic carbocycles. The SMILES string of the molecule is O=[N+]([O-])c1cnc(N2CCCN(c3cccnn3)CC2)nc1. The number of rotatable bonds is 3. The first-order valence-electron chi connectivity index (χ1n) is 6.98. The lowest BCUT2D eigenvalue weighted by molar-refractivity contribution is -0.385. The van der Waals surface area contributed by atoms with Gasteiger partial charge in [0, 0.05) is 32.4 Å². The molecule has 114 valence electrons. The maximum Gasteiger partial charge on any atom is 0.305 e. The lowest BCUT2D eigenvalue weighted by Crippen LogP contribution is -2.32. The molecule has 1 aliphatic heterocycles. The number of hydrogen-bond donors (Lipinski definition) is 0. The molecule has 3 heterocycles. The molecule has 9 heteroatoms. The summed E-state index contributed by atoms with van der Waals surface area (Å²) in [6.07, 6.45) is 5.07. The normalized spacial score (nSPS) is 15.5. The Kier molecular flexibility index (Phi) is 4.03. The summed E-state index contributed by atoms with van der Waals surface area (Å²) in [4.78, 5) is 22.5. The number of anilines is 2. The van der Waals surface area contributed by atoms with Crippen molar-refractivity contribution in [1.82, 2.24) is 20.2 Å². The van der Waals surface area contributed by atoms with Gasteiger partial charge in [0.15, 0.2) is 5.82 Å². The van der Waals surface area contributed by atoms with Crippen molar-refractivity contribution < 1.29 is 4.92 Å². The Bertz CT molecular complexity index is 635. The van der Waals surface area contributed by atoms with E-state index in [4.69, 9.17) is 0 Å². The van der Waals surface area contributed by atoms with Gasteiger partial charge >= 0.3 is 5.69 Å². The van der Waals surface area contributed by atoms with Crippen LogP contribution in [0.25, 0.3) is 0 Å². The summed E-state index contributed by atoms with van der Waals surface area (Å²) >= 11 is 0. The smallest absolute Gasteiger partial charge is 0.305 e. The largest absolute Gasteiger partial charge is 0.353 e. The zero-order valence-corrected chi connectivity index (χ0v) is 11.9. The molecule has 0 saturated carbocycles. The van der Waals surface area contributed by atoms with E-state index in [2.05, 4.69) is 25.1 Å². The van der Waals surface area contributed by atoms with Crippen LogP contribution in [0.4, 0.5) is 17.5 Å². The highest BCUT2D eigenvalue weighted by Crippen LogP contribution is 2.16. The summed E-state index contributed by atoms with van der Waals surface area (Å²) in [6, 6.07) is 3.80. The summed E-state index contributed by atoms with van der Waals surface area (Å²) in [6.45, 7) is 3.18. The third-order valence-electron chi connectivity index (χ3n) is 3.50. The molecule has 0 N–H and O–H groups in total. The summed E-state index contributed by atoms with van der Waals surface area (Å²) < 4.78 is 0. The minimum absolute atomic E-state index is 0.0974. The van der Waals surface area contributed by atoms with Gasteiger partial charge in [-0.05, 0) is 18.6 Å². The minimum atomic E-state index is -0.498. The van der Waals surface area contributed by atoms with E-state index >= 15 is 0 Å². The van der Waals surface area contributed by atoms with E-state index in [1.807, 2.05) is 17.0 Å². The van der Waals surface area contributed by atoms with Gasteiger partial charge in [0.2, 0.25) is 5.95 Å². The van der Waals surface area contributed by atoms with Gasteiger partial charge in [-0.3, -0.25) is 10.1 Å². The summed E-state index contributed by atoms with van der Waals surface area (Å²) in [7, 11) is 0. The molecule has 9 nitrogen and oxygen atoms in total. The van der Waals surface area contributed by atoms with Crippen molar-refractivity contribution in [2.24, 2.45) is 0 Å². The molecule has 1 fully saturated rings. The number of aromatic nitrogens is 4. The van der Waals surface area contributed by atoms with Crippen LogP contribution in [0.5, 0.6) is 0 Å². The molecule has 2 aromatic rings. The highest BCUT2D eigenvalue weighted by atomic mass is 16.6. The van der Waals surface area contributed by atoms with Crippen LogP contribution in [-0.2, 0) is 0 Å². The molecular weight excluding hydrogens is 286 g/mol. The Balaban J connectivity index is 1.68. The van der Waals surface area contributed by atoms with E-state index in [9.17, 15) is 10.1 Å². The van der Waals surface area contributed by atoms with Gasteiger partial charge in [-0.15, -0.1) is 5.10 Å². The van der Waals surface area contributed by atoms with Crippen LogP contribution in [0.1, 0.15) is 6.42 Å². The van der Waals surface area contributed by atoms with Crippen molar-refractivity contribution >= 4 is 17.5 Å². The molecule has 0 spiro atoms. The molecule has 1 aliphatic rings. The predicted octanol–water partition coefficient (Wildman–Crippen LogP) is 0.891. The second-order valence-electron chi connectivity index (χ2n) is 4.91. The standard InChI is InChI=1S/C13H15N7O2/c21-20(22)11-9-14-13(15-10-11)19-6-2-5-18(7-8-19)12-3-1-4-16-17-12/h1,3-4,9-10H,2,5-8H2. The molecule has 0 amide bonds. The van der Waals surface area contributed by atoms with Crippen LogP contribution in [0.2, 0.25) is 0 Å². The predicted molar refractivity (Wildman–Crippen MR) is 79.8 cm³/mol. The van der Waals surface area contributed by atoms with Crippen molar-refractivity contribution in [2.75, 3.05) is 36.0 Å². The molecule has 22 heavy (non-hydrogen) atoms. The van der Waals surface area contributed by atoms with E-state index in [0.717, 1.165) is 38.4 Å². The second kappa shape index (κ2) is 6.29. The van der Waals surface area contributed by atoms with Gasteiger partial charge in [-0.25, -0.2) is 9.97 Å². The van der Waals surface area contributed by atoms with E-state index in [0.29, 0.717) is 5.95 Å². The van der Waals surface area contributed by atoms with Crippen LogP contribution in [0.3, 0.4) is 0 Å². The monoisotopic (exact) mass is 301 g/mol. The zero-order valence-electron chi connectivity index (χ0n) is 11.9. The van der Waals surface area contributed by atoms with Crippen LogP contribution in [0.15, 0.2) is 30.7 Å². The summed E-state index contributed by atoms with van der Waals surface area (Å²) in [5, 5.41) is 18.7. The lowest BCUT2D eigenvalue weighted by atomic mass is 10.4. The van der Waals surface area contributed by atoms with Crippen molar-refractivity contribution in [3.05, 3.63) is 40.8 Å². The van der Waals surface area contributed by atoms with E-state index in [1.165, 1.54) is 12.4 Å². The van der Waals surface area contributed by atoms with Gasteiger partial charge < -0.3 is 9.80 Å². The van der Waals surface area contributed by atoms with Crippen molar-refractivity contribution in [3.63, 3.8) is 0 Å².